The number of nitrogens with one attached hydrogen (secondary N) is 2. The molecule has 2 aromatic rings. The second-order valence-electron chi connectivity index (χ2n) is 6.21. The van der Waals surface area contributed by atoms with Gasteiger partial charge < -0.3 is 15.2 Å². The Labute approximate surface area is 148 Å². The van der Waals surface area contributed by atoms with Crippen molar-refractivity contribution in [1.29, 1.82) is 5.26 Å². The molecule has 2 aromatic heterocycles. The number of piperidine rings is 1. The van der Waals surface area contributed by atoms with E-state index in [-0.39, 0.29) is 23.0 Å². The molecule has 1 fully saturated rings. The van der Waals surface area contributed by atoms with Gasteiger partial charge in [0.15, 0.2) is 11.4 Å². The third-order valence-corrected chi connectivity index (χ3v) is 4.53. The van der Waals surface area contributed by atoms with Gasteiger partial charge in [0.05, 0.1) is 0 Å². The first-order chi connectivity index (χ1) is 12.4. The van der Waals surface area contributed by atoms with Crippen LogP contribution in [0, 0.1) is 11.3 Å². The standard InChI is InChI=1S/C16H19N7O3/c1-21-12(11(8-17)15(25)22(2)16(21)26)20-10-4-3-7-23(9-10)13-14(24)19-6-5-18-13/h5-6,10,20H,3-4,7,9H2,1-2H3,(H,19,24)/t10-/m1/s1. The molecule has 0 aliphatic carbocycles. The van der Waals surface area contributed by atoms with Gasteiger partial charge in [-0.25, -0.2) is 9.78 Å². The van der Waals surface area contributed by atoms with Crippen molar-refractivity contribution in [2.75, 3.05) is 23.3 Å². The summed E-state index contributed by atoms with van der Waals surface area (Å²) in [6, 6.07) is 1.73. The predicted molar refractivity (Wildman–Crippen MR) is 95.4 cm³/mol. The lowest BCUT2D eigenvalue weighted by Gasteiger charge is -2.34. The molecule has 1 aliphatic rings. The second kappa shape index (κ2) is 6.87. The minimum absolute atomic E-state index is 0.109. The molecule has 0 aromatic carbocycles. The first-order valence-corrected chi connectivity index (χ1v) is 8.19. The zero-order chi connectivity index (χ0) is 18.8. The van der Waals surface area contributed by atoms with E-state index in [1.807, 2.05) is 11.0 Å². The molecule has 10 heteroatoms. The van der Waals surface area contributed by atoms with Crippen molar-refractivity contribution in [3.8, 4) is 6.07 Å². The summed E-state index contributed by atoms with van der Waals surface area (Å²) in [4.78, 5) is 44.9. The van der Waals surface area contributed by atoms with Gasteiger partial charge in [-0.05, 0) is 12.8 Å². The molecule has 0 saturated carbocycles. The first kappa shape index (κ1) is 17.5. The van der Waals surface area contributed by atoms with Gasteiger partial charge in [-0.2, -0.15) is 5.26 Å². The van der Waals surface area contributed by atoms with Crippen LogP contribution in [0.25, 0.3) is 0 Å². The topological polar surface area (TPSA) is 129 Å². The van der Waals surface area contributed by atoms with Gasteiger partial charge in [-0.3, -0.25) is 18.7 Å². The Morgan fingerprint density at radius 1 is 1.31 bits per heavy atom. The van der Waals surface area contributed by atoms with Crippen LogP contribution in [0.4, 0.5) is 11.6 Å². The summed E-state index contributed by atoms with van der Waals surface area (Å²) in [6.45, 7) is 1.15. The van der Waals surface area contributed by atoms with Crippen molar-refractivity contribution in [2.24, 2.45) is 14.1 Å². The molecule has 1 aliphatic heterocycles. The van der Waals surface area contributed by atoms with E-state index in [1.54, 1.807) is 0 Å². The Balaban J connectivity index is 1.92. The van der Waals surface area contributed by atoms with Crippen LogP contribution in [0.15, 0.2) is 26.8 Å². The molecule has 26 heavy (non-hydrogen) atoms. The maximum absolute atomic E-state index is 12.2. The van der Waals surface area contributed by atoms with Crippen LogP contribution in [0.5, 0.6) is 0 Å². The van der Waals surface area contributed by atoms with Crippen molar-refractivity contribution in [2.45, 2.75) is 18.9 Å². The molecule has 2 N–H and O–H groups in total. The van der Waals surface area contributed by atoms with Crippen molar-refractivity contribution in [3.63, 3.8) is 0 Å². The zero-order valence-electron chi connectivity index (χ0n) is 14.5. The smallest absolute Gasteiger partial charge is 0.332 e. The zero-order valence-corrected chi connectivity index (χ0v) is 14.5. The lowest BCUT2D eigenvalue weighted by molar-refractivity contribution is 0.520. The van der Waals surface area contributed by atoms with Gasteiger partial charge >= 0.3 is 5.69 Å². The van der Waals surface area contributed by atoms with E-state index in [0.717, 1.165) is 17.4 Å². The van der Waals surface area contributed by atoms with Gasteiger partial charge in [0.1, 0.15) is 11.9 Å². The number of nitrogens with zero attached hydrogens (tertiary/aromatic N) is 5. The highest BCUT2D eigenvalue weighted by atomic mass is 16.2. The fourth-order valence-corrected chi connectivity index (χ4v) is 3.16. The van der Waals surface area contributed by atoms with E-state index in [4.69, 9.17) is 0 Å². The van der Waals surface area contributed by atoms with Gasteiger partial charge in [-0.15, -0.1) is 0 Å². The molecule has 136 valence electrons. The summed E-state index contributed by atoms with van der Waals surface area (Å²) in [5.74, 6) is 0.528. The van der Waals surface area contributed by atoms with E-state index in [9.17, 15) is 19.6 Å². The Morgan fingerprint density at radius 3 is 2.77 bits per heavy atom. The highest BCUT2D eigenvalue weighted by Gasteiger charge is 2.25. The number of hydrogen-bond acceptors (Lipinski definition) is 7. The van der Waals surface area contributed by atoms with E-state index in [1.165, 1.54) is 31.1 Å². The number of anilines is 2. The summed E-state index contributed by atoms with van der Waals surface area (Å²) in [5.41, 5.74) is -1.52. The van der Waals surface area contributed by atoms with Crippen molar-refractivity contribution >= 4 is 11.6 Å². The minimum Gasteiger partial charge on any atom is -0.366 e. The molecule has 0 unspecified atom stereocenters. The Hall–Kier alpha value is -3.35. The second-order valence-corrected chi connectivity index (χ2v) is 6.21. The van der Waals surface area contributed by atoms with Crippen LogP contribution in [-0.4, -0.2) is 38.2 Å². The monoisotopic (exact) mass is 357 g/mol. The third kappa shape index (κ3) is 2.99. The van der Waals surface area contributed by atoms with Crippen LogP contribution in [-0.2, 0) is 14.1 Å². The van der Waals surface area contributed by atoms with Crippen LogP contribution in [0.1, 0.15) is 18.4 Å². The average molecular weight is 357 g/mol. The number of rotatable bonds is 3. The van der Waals surface area contributed by atoms with Crippen LogP contribution >= 0.6 is 0 Å². The molecule has 0 bridgehead atoms. The normalized spacial score (nSPS) is 17.0. The van der Waals surface area contributed by atoms with Crippen LogP contribution < -0.4 is 27.0 Å². The quantitative estimate of drug-likeness (QED) is 0.730. The Morgan fingerprint density at radius 2 is 2.08 bits per heavy atom. The minimum atomic E-state index is -0.632. The Kier molecular flexibility index (Phi) is 4.62. The average Bonchev–Trinajstić information content (AvgIpc) is 2.65. The lowest BCUT2D eigenvalue weighted by Crippen LogP contribution is -2.46. The molecule has 0 spiro atoms. The van der Waals surface area contributed by atoms with Crippen molar-refractivity contribution in [1.82, 2.24) is 19.1 Å². The fraction of sp³-hybridized carbons (Fsp3) is 0.438. The Bertz CT molecular complexity index is 1040. The summed E-state index contributed by atoms with van der Waals surface area (Å²) in [5, 5.41) is 12.5. The molecule has 1 atom stereocenters. The van der Waals surface area contributed by atoms with E-state index >= 15 is 0 Å². The number of aromatic nitrogens is 4. The summed E-state index contributed by atoms with van der Waals surface area (Å²) in [7, 11) is 2.85. The first-order valence-electron chi connectivity index (χ1n) is 8.19. The molecular weight excluding hydrogens is 338 g/mol. The summed E-state index contributed by atoms with van der Waals surface area (Å²) in [6.07, 6.45) is 4.57. The summed E-state index contributed by atoms with van der Waals surface area (Å²) >= 11 is 0. The predicted octanol–water partition coefficient (Wildman–Crippen LogP) is -0.880. The van der Waals surface area contributed by atoms with E-state index in [2.05, 4.69) is 15.3 Å². The van der Waals surface area contributed by atoms with Gasteiger partial charge in [0, 0.05) is 45.6 Å². The molecule has 3 rings (SSSR count). The summed E-state index contributed by atoms with van der Waals surface area (Å²) < 4.78 is 2.16. The lowest BCUT2D eigenvalue weighted by atomic mass is 10.1. The number of H-pyrrole nitrogens is 1. The van der Waals surface area contributed by atoms with Gasteiger partial charge in [0.2, 0.25) is 0 Å². The number of aromatic amines is 1. The molecule has 3 heterocycles. The van der Waals surface area contributed by atoms with E-state index in [0.29, 0.717) is 18.9 Å². The highest BCUT2D eigenvalue weighted by molar-refractivity contribution is 5.52. The maximum atomic E-state index is 12.2. The molecule has 1 saturated heterocycles. The van der Waals surface area contributed by atoms with Crippen molar-refractivity contribution < 1.29 is 0 Å². The molecule has 0 amide bonds. The fourth-order valence-electron chi connectivity index (χ4n) is 3.16. The maximum Gasteiger partial charge on any atom is 0.332 e. The number of hydrogen-bond donors (Lipinski definition) is 2. The van der Waals surface area contributed by atoms with Gasteiger partial charge in [-0.1, -0.05) is 0 Å². The molecular formula is C16H19N7O3. The van der Waals surface area contributed by atoms with Crippen molar-refractivity contribution in [3.05, 3.63) is 49.1 Å². The number of nitriles is 1. The van der Waals surface area contributed by atoms with Gasteiger partial charge in [0.25, 0.3) is 11.1 Å². The largest absolute Gasteiger partial charge is 0.366 e. The highest BCUT2D eigenvalue weighted by Crippen LogP contribution is 2.18. The van der Waals surface area contributed by atoms with Crippen LogP contribution in [0.3, 0.4) is 0 Å². The van der Waals surface area contributed by atoms with Crippen LogP contribution in [0.2, 0.25) is 0 Å². The van der Waals surface area contributed by atoms with E-state index < -0.39 is 11.2 Å². The molecule has 10 nitrogen and oxygen atoms in total. The molecule has 0 radical (unpaired) electrons. The third-order valence-electron chi connectivity index (χ3n) is 4.53. The SMILES string of the molecule is Cn1c(N[C@@H]2CCCN(c3ncc[nH]c3=O)C2)c(C#N)c(=O)n(C)c1=O.